The van der Waals surface area contributed by atoms with E-state index in [1.807, 2.05) is 82.5 Å². The summed E-state index contributed by atoms with van der Waals surface area (Å²) in [6.07, 6.45) is 6.82. The van der Waals surface area contributed by atoms with Crippen molar-refractivity contribution in [3.05, 3.63) is 78.5 Å². The van der Waals surface area contributed by atoms with E-state index in [1.165, 1.54) is 0 Å². The number of carbonyl (C=O) groups excluding carboxylic acids is 2. The van der Waals surface area contributed by atoms with E-state index in [0.29, 0.717) is 25.9 Å². The van der Waals surface area contributed by atoms with Crippen LogP contribution in [0.1, 0.15) is 18.4 Å². The quantitative estimate of drug-likeness (QED) is 0.580. The largest absolute Gasteiger partial charge is 0.349 e. The molecule has 0 N–H and O–H groups in total. The lowest BCUT2D eigenvalue weighted by Crippen LogP contribution is -2.42. The average molecular weight is 429 g/mol. The van der Waals surface area contributed by atoms with Gasteiger partial charge in [-0.1, -0.05) is 48.5 Å². The molecule has 0 unspecified atom stereocenters. The second kappa shape index (κ2) is 9.64. The molecule has 1 saturated heterocycles. The predicted molar refractivity (Wildman–Crippen MR) is 126 cm³/mol. The number of carbonyl (C=O) groups is 2. The monoisotopic (exact) mass is 428 g/mol. The summed E-state index contributed by atoms with van der Waals surface area (Å²) in [5.74, 6) is 0.118. The molecule has 0 bridgehead atoms. The minimum absolute atomic E-state index is 0.00631. The van der Waals surface area contributed by atoms with Crippen molar-refractivity contribution in [2.75, 3.05) is 27.2 Å². The van der Waals surface area contributed by atoms with E-state index in [4.69, 9.17) is 5.10 Å². The van der Waals surface area contributed by atoms with Crippen molar-refractivity contribution in [1.82, 2.24) is 19.6 Å². The smallest absolute Gasteiger partial charge is 0.246 e. The molecule has 0 aliphatic carbocycles. The van der Waals surface area contributed by atoms with Gasteiger partial charge in [-0.05, 0) is 31.1 Å². The standard InChI is InChI=1S/C26H28N4O2/c1-28(2)26(32)21-15-17-29(18-16-21)24(31)14-13-22-19-30(23-11-7-4-8-12-23)27-25(22)20-9-5-3-6-10-20/h3-14,19,21H,15-18H2,1-2H3/b14-13+. The number of amides is 2. The van der Waals surface area contributed by atoms with Crippen LogP contribution in [0.5, 0.6) is 0 Å². The van der Waals surface area contributed by atoms with Crippen LogP contribution in [0.15, 0.2) is 72.9 Å². The molecule has 1 aliphatic rings. The highest BCUT2D eigenvalue weighted by Crippen LogP contribution is 2.25. The molecule has 4 rings (SSSR count). The lowest BCUT2D eigenvalue weighted by Gasteiger charge is -2.31. The highest BCUT2D eigenvalue weighted by molar-refractivity contribution is 5.93. The van der Waals surface area contributed by atoms with Crippen molar-refractivity contribution < 1.29 is 9.59 Å². The van der Waals surface area contributed by atoms with Gasteiger partial charge in [-0.25, -0.2) is 4.68 Å². The normalized spacial score (nSPS) is 14.6. The molecule has 1 fully saturated rings. The average Bonchev–Trinajstić information content (AvgIpc) is 3.27. The van der Waals surface area contributed by atoms with E-state index in [-0.39, 0.29) is 17.7 Å². The number of para-hydroxylation sites is 1. The van der Waals surface area contributed by atoms with E-state index in [2.05, 4.69) is 0 Å². The molecule has 6 nitrogen and oxygen atoms in total. The summed E-state index contributed by atoms with van der Waals surface area (Å²) in [4.78, 5) is 28.5. The van der Waals surface area contributed by atoms with E-state index < -0.39 is 0 Å². The molecular weight excluding hydrogens is 400 g/mol. The fourth-order valence-corrected chi connectivity index (χ4v) is 4.02. The van der Waals surface area contributed by atoms with Crippen LogP contribution >= 0.6 is 0 Å². The van der Waals surface area contributed by atoms with Gasteiger partial charge in [-0.3, -0.25) is 9.59 Å². The molecule has 2 amide bonds. The van der Waals surface area contributed by atoms with Gasteiger partial charge in [0.2, 0.25) is 11.8 Å². The first-order valence-corrected chi connectivity index (χ1v) is 10.9. The molecule has 0 atom stereocenters. The van der Waals surface area contributed by atoms with Gasteiger partial charge in [-0.2, -0.15) is 5.10 Å². The summed E-state index contributed by atoms with van der Waals surface area (Å²) in [7, 11) is 3.56. The van der Waals surface area contributed by atoms with Crippen LogP contribution < -0.4 is 0 Å². The van der Waals surface area contributed by atoms with Gasteiger partial charge < -0.3 is 9.80 Å². The van der Waals surface area contributed by atoms with Crippen molar-refractivity contribution in [2.45, 2.75) is 12.8 Å². The van der Waals surface area contributed by atoms with Gasteiger partial charge in [0.25, 0.3) is 0 Å². The van der Waals surface area contributed by atoms with Gasteiger partial charge >= 0.3 is 0 Å². The Morgan fingerprint density at radius 1 is 0.969 bits per heavy atom. The van der Waals surface area contributed by atoms with Crippen molar-refractivity contribution >= 4 is 17.9 Å². The van der Waals surface area contributed by atoms with Crippen LogP contribution in [0.4, 0.5) is 0 Å². The summed E-state index contributed by atoms with van der Waals surface area (Å²) in [6.45, 7) is 1.20. The molecule has 2 aromatic carbocycles. The van der Waals surface area contributed by atoms with Crippen molar-refractivity contribution in [3.8, 4) is 16.9 Å². The first-order chi connectivity index (χ1) is 15.5. The van der Waals surface area contributed by atoms with Crippen molar-refractivity contribution in [2.24, 2.45) is 5.92 Å². The maximum atomic E-state index is 12.8. The number of benzene rings is 2. The van der Waals surface area contributed by atoms with Crippen LogP contribution in [0.3, 0.4) is 0 Å². The molecule has 0 spiro atoms. The summed E-state index contributed by atoms with van der Waals surface area (Å²) < 4.78 is 1.84. The molecule has 32 heavy (non-hydrogen) atoms. The number of nitrogens with zero attached hydrogens (tertiary/aromatic N) is 4. The zero-order chi connectivity index (χ0) is 22.5. The van der Waals surface area contributed by atoms with Crippen LogP contribution in [-0.4, -0.2) is 58.6 Å². The molecule has 3 aromatic rings. The maximum Gasteiger partial charge on any atom is 0.246 e. The molecule has 1 aromatic heterocycles. The van der Waals surface area contributed by atoms with Crippen LogP contribution in [-0.2, 0) is 9.59 Å². The zero-order valence-electron chi connectivity index (χ0n) is 18.5. The molecule has 0 radical (unpaired) electrons. The Kier molecular flexibility index (Phi) is 6.50. The van der Waals surface area contributed by atoms with Gasteiger partial charge in [0.05, 0.1) is 11.4 Å². The maximum absolute atomic E-state index is 12.8. The van der Waals surface area contributed by atoms with Gasteiger partial charge in [0.1, 0.15) is 0 Å². The number of hydrogen-bond acceptors (Lipinski definition) is 3. The number of rotatable bonds is 5. The minimum atomic E-state index is -0.0350. The summed E-state index contributed by atoms with van der Waals surface area (Å²) in [5.41, 5.74) is 3.67. The lowest BCUT2D eigenvalue weighted by molar-refractivity contribution is -0.137. The second-order valence-electron chi connectivity index (χ2n) is 8.24. The molecule has 0 saturated carbocycles. The Balaban J connectivity index is 1.52. The summed E-state index contributed by atoms with van der Waals surface area (Å²) in [5, 5.41) is 4.79. The number of aromatic nitrogens is 2. The van der Waals surface area contributed by atoms with Gasteiger partial charge in [0.15, 0.2) is 0 Å². The van der Waals surface area contributed by atoms with Crippen LogP contribution in [0.25, 0.3) is 23.0 Å². The van der Waals surface area contributed by atoms with E-state index in [1.54, 1.807) is 25.1 Å². The van der Waals surface area contributed by atoms with Crippen LogP contribution in [0.2, 0.25) is 0 Å². The first-order valence-electron chi connectivity index (χ1n) is 10.9. The molecule has 1 aliphatic heterocycles. The second-order valence-corrected chi connectivity index (χ2v) is 8.24. The third-order valence-corrected chi connectivity index (χ3v) is 5.81. The fourth-order valence-electron chi connectivity index (χ4n) is 4.02. The molecule has 2 heterocycles. The highest BCUT2D eigenvalue weighted by atomic mass is 16.2. The number of piperidine rings is 1. The zero-order valence-corrected chi connectivity index (χ0v) is 18.5. The Labute approximate surface area is 188 Å². The Morgan fingerprint density at radius 2 is 1.59 bits per heavy atom. The van der Waals surface area contributed by atoms with Gasteiger partial charge in [0, 0.05) is 56.5 Å². The Morgan fingerprint density at radius 3 is 2.22 bits per heavy atom. The fraction of sp³-hybridized carbons (Fsp3) is 0.269. The molecular formula is C26H28N4O2. The third-order valence-electron chi connectivity index (χ3n) is 5.81. The highest BCUT2D eigenvalue weighted by Gasteiger charge is 2.27. The summed E-state index contributed by atoms with van der Waals surface area (Å²) >= 11 is 0. The number of hydrogen-bond donors (Lipinski definition) is 0. The SMILES string of the molecule is CN(C)C(=O)C1CCN(C(=O)/C=C/c2cn(-c3ccccc3)nc2-c2ccccc2)CC1. The van der Waals surface area contributed by atoms with E-state index >= 15 is 0 Å². The minimum Gasteiger partial charge on any atom is -0.349 e. The van der Waals surface area contributed by atoms with Crippen molar-refractivity contribution in [3.63, 3.8) is 0 Å². The lowest BCUT2D eigenvalue weighted by atomic mass is 9.95. The third kappa shape index (κ3) is 4.80. The van der Waals surface area contributed by atoms with Crippen molar-refractivity contribution in [1.29, 1.82) is 0 Å². The van der Waals surface area contributed by atoms with E-state index in [0.717, 1.165) is 22.5 Å². The van der Waals surface area contributed by atoms with Gasteiger partial charge in [-0.15, -0.1) is 0 Å². The molecule has 164 valence electrons. The van der Waals surface area contributed by atoms with E-state index in [9.17, 15) is 9.59 Å². The summed E-state index contributed by atoms with van der Waals surface area (Å²) in [6, 6.07) is 19.9. The van der Waals surface area contributed by atoms with Crippen LogP contribution in [0, 0.1) is 5.92 Å². The molecule has 6 heteroatoms. The number of likely N-dealkylation sites (tertiary alicyclic amines) is 1. The predicted octanol–water partition coefficient (Wildman–Crippen LogP) is 3.88. The first kappa shape index (κ1) is 21.6. The Bertz CT molecular complexity index is 1100. The Hall–Kier alpha value is -3.67. The topological polar surface area (TPSA) is 58.4 Å².